The number of hydrogen-bond acceptors (Lipinski definition) is 3. The number of likely N-dealkylation sites (tertiary alicyclic amines) is 1. The first-order valence-electron chi connectivity index (χ1n) is 5.95. The Labute approximate surface area is 108 Å². The molecule has 1 heterocycles. The molecular formula is C11H20ClN3O2. The van der Waals surface area contributed by atoms with Crippen molar-refractivity contribution in [1.82, 2.24) is 10.2 Å². The molecule has 2 aliphatic rings. The van der Waals surface area contributed by atoms with E-state index in [1.54, 1.807) is 0 Å². The van der Waals surface area contributed by atoms with Gasteiger partial charge in [0.15, 0.2) is 0 Å². The highest BCUT2D eigenvalue weighted by molar-refractivity contribution is 5.86. The van der Waals surface area contributed by atoms with Gasteiger partial charge in [-0.15, -0.1) is 12.4 Å². The first-order valence-corrected chi connectivity index (χ1v) is 5.95. The molecule has 5 nitrogen and oxygen atoms in total. The molecule has 0 aromatic carbocycles. The lowest BCUT2D eigenvalue weighted by molar-refractivity contribution is -0.132. The quantitative estimate of drug-likeness (QED) is 0.735. The summed E-state index contributed by atoms with van der Waals surface area (Å²) in [5.74, 6) is 1.16. The number of nitrogens with zero attached hydrogens (tertiary/aromatic N) is 1. The molecule has 2 fully saturated rings. The predicted molar refractivity (Wildman–Crippen MR) is 66.7 cm³/mol. The third-order valence-electron chi connectivity index (χ3n) is 3.70. The molecule has 0 bridgehead atoms. The fraction of sp³-hybridized carbons (Fsp3) is 0.818. The first kappa shape index (κ1) is 14.3. The van der Waals surface area contributed by atoms with Crippen molar-refractivity contribution in [2.45, 2.75) is 19.3 Å². The van der Waals surface area contributed by atoms with Crippen molar-refractivity contribution in [1.29, 1.82) is 0 Å². The van der Waals surface area contributed by atoms with E-state index in [0.717, 1.165) is 13.1 Å². The lowest BCUT2D eigenvalue weighted by atomic mass is 10.0. The zero-order valence-electron chi connectivity index (χ0n) is 9.85. The number of hydrogen-bond donors (Lipinski definition) is 2. The second kappa shape index (κ2) is 6.21. The molecular weight excluding hydrogens is 242 g/mol. The maximum atomic E-state index is 11.8. The average molecular weight is 262 g/mol. The van der Waals surface area contributed by atoms with Gasteiger partial charge in [-0.3, -0.25) is 9.59 Å². The first-order chi connectivity index (χ1) is 7.70. The number of fused-ring (bicyclic) bond motifs is 1. The van der Waals surface area contributed by atoms with Crippen LogP contribution in [-0.4, -0.2) is 42.9 Å². The lowest BCUT2D eigenvalue weighted by Gasteiger charge is -2.17. The van der Waals surface area contributed by atoms with Crippen LogP contribution in [0.3, 0.4) is 0 Å². The monoisotopic (exact) mass is 261 g/mol. The van der Waals surface area contributed by atoms with Gasteiger partial charge >= 0.3 is 0 Å². The van der Waals surface area contributed by atoms with E-state index in [2.05, 4.69) is 5.32 Å². The molecule has 0 aromatic heterocycles. The number of rotatable bonds is 3. The van der Waals surface area contributed by atoms with Crippen LogP contribution < -0.4 is 11.1 Å². The van der Waals surface area contributed by atoms with Gasteiger partial charge in [-0.1, -0.05) is 6.42 Å². The average Bonchev–Trinajstić information content (AvgIpc) is 2.85. The molecule has 3 N–H and O–H groups in total. The molecule has 0 radical (unpaired) electrons. The van der Waals surface area contributed by atoms with E-state index < -0.39 is 0 Å². The standard InChI is InChI=1S/C11H19N3O2.ClH/c12-4-10(15)13-5-11(16)14-6-8-2-1-3-9(8)7-14;/h8-9H,1-7,12H2,(H,13,15);1H. The second-order valence-electron chi connectivity index (χ2n) is 4.73. The Morgan fingerprint density at radius 2 is 1.82 bits per heavy atom. The van der Waals surface area contributed by atoms with Crippen LogP contribution in [0.2, 0.25) is 0 Å². The lowest BCUT2D eigenvalue weighted by Crippen LogP contribution is -2.41. The highest BCUT2D eigenvalue weighted by atomic mass is 35.5. The zero-order chi connectivity index (χ0) is 11.5. The molecule has 6 heteroatoms. The number of nitrogens with one attached hydrogen (secondary N) is 1. The van der Waals surface area contributed by atoms with E-state index in [4.69, 9.17) is 5.73 Å². The van der Waals surface area contributed by atoms with Crippen LogP contribution in [0.4, 0.5) is 0 Å². The summed E-state index contributed by atoms with van der Waals surface area (Å²) in [6.45, 7) is 1.79. The fourth-order valence-electron chi connectivity index (χ4n) is 2.80. The van der Waals surface area contributed by atoms with E-state index in [1.165, 1.54) is 19.3 Å². The van der Waals surface area contributed by atoms with E-state index in [1.807, 2.05) is 4.90 Å². The Morgan fingerprint density at radius 1 is 1.24 bits per heavy atom. The molecule has 17 heavy (non-hydrogen) atoms. The van der Waals surface area contributed by atoms with E-state index in [-0.39, 0.29) is 37.3 Å². The van der Waals surface area contributed by atoms with E-state index in [9.17, 15) is 9.59 Å². The van der Waals surface area contributed by atoms with Crippen molar-refractivity contribution >= 4 is 24.2 Å². The molecule has 1 aliphatic carbocycles. The Balaban J connectivity index is 0.00000144. The molecule has 2 rings (SSSR count). The third kappa shape index (κ3) is 3.33. The molecule has 1 aliphatic heterocycles. The molecule has 2 atom stereocenters. The third-order valence-corrected chi connectivity index (χ3v) is 3.70. The fourth-order valence-corrected chi connectivity index (χ4v) is 2.80. The molecule has 1 saturated heterocycles. The van der Waals surface area contributed by atoms with Gasteiger partial charge in [0.2, 0.25) is 11.8 Å². The summed E-state index contributed by atoms with van der Waals surface area (Å²) < 4.78 is 0. The van der Waals surface area contributed by atoms with Crippen molar-refractivity contribution in [2.75, 3.05) is 26.2 Å². The summed E-state index contributed by atoms with van der Waals surface area (Å²) in [6, 6.07) is 0. The van der Waals surface area contributed by atoms with Crippen LogP contribution in [-0.2, 0) is 9.59 Å². The Bertz CT molecular complexity index is 286. The number of halogens is 1. The van der Waals surface area contributed by atoms with Gasteiger partial charge in [0, 0.05) is 13.1 Å². The van der Waals surface area contributed by atoms with Crippen molar-refractivity contribution in [3.8, 4) is 0 Å². The summed E-state index contributed by atoms with van der Waals surface area (Å²) in [5.41, 5.74) is 5.15. The van der Waals surface area contributed by atoms with Gasteiger partial charge < -0.3 is 16.0 Å². The normalized spacial score (nSPS) is 26.3. The van der Waals surface area contributed by atoms with Crippen molar-refractivity contribution in [3.05, 3.63) is 0 Å². The Hall–Kier alpha value is -0.810. The maximum absolute atomic E-state index is 11.8. The number of amides is 2. The zero-order valence-corrected chi connectivity index (χ0v) is 10.7. The minimum absolute atomic E-state index is 0. The van der Waals surface area contributed by atoms with Crippen LogP contribution in [0, 0.1) is 11.8 Å². The van der Waals surface area contributed by atoms with Gasteiger partial charge in [-0.05, 0) is 24.7 Å². The van der Waals surface area contributed by atoms with E-state index in [0.29, 0.717) is 11.8 Å². The summed E-state index contributed by atoms with van der Waals surface area (Å²) in [6.07, 6.45) is 3.81. The van der Waals surface area contributed by atoms with Crippen LogP contribution in [0.25, 0.3) is 0 Å². The molecule has 0 aromatic rings. The van der Waals surface area contributed by atoms with Crippen molar-refractivity contribution in [3.63, 3.8) is 0 Å². The highest BCUT2D eigenvalue weighted by Crippen LogP contribution is 2.37. The van der Waals surface area contributed by atoms with Gasteiger partial charge in [0.1, 0.15) is 0 Å². The molecule has 2 amide bonds. The Morgan fingerprint density at radius 3 is 2.35 bits per heavy atom. The van der Waals surface area contributed by atoms with Crippen molar-refractivity contribution < 1.29 is 9.59 Å². The largest absolute Gasteiger partial charge is 0.346 e. The SMILES string of the molecule is Cl.NCC(=O)NCC(=O)N1CC2CCCC2C1. The van der Waals surface area contributed by atoms with Gasteiger partial charge in [0.05, 0.1) is 13.1 Å². The minimum atomic E-state index is -0.271. The Kier molecular flexibility index (Phi) is 5.21. The van der Waals surface area contributed by atoms with Crippen LogP contribution in [0.5, 0.6) is 0 Å². The minimum Gasteiger partial charge on any atom is -0.346 e. The summed E-state index contributed by atoms with van der Waals surface area (Å²) in [7, 11) is 0. The van der Waals surface area contributed by atoms with Gasteiger partial charge in [0.25, 0.3) is 0 Å². The molecule has 98 valence electrons. The van der Waals surface area contributed by atoms with Crippen LogP contribution in [0.1, 0.15) is 19.3 Å². The maximum Gasteiger partial charge on any atom is 0.241 e. The molecule has 0 spiro atoms. The second-order valence-corrected chi connectivity index (χ2v) is 4.73. The van der Waals surface area contributed by atoms with Gasteiger partial charge in [-0.2, -0.15) is 0 Å². The van der Waals surface area contributed by atoms with Crippen LogP contribution >= 0.6 is 12.4 Å². The van der Waals surface area contributed by atoms with Crippen LogP contribution in [0.15, 0.2) is 0 Å². The number of carbonyl (C=O) groups excluding carboxylic acids is 2. The number of carbonyl (C=O) groups is 2. The van der Waals surface area contributed by atoms with E-state index >= 15 is 0 Å². The van der Waals surface area contributed by atoms with Gasteiger partial charge in [-0.25, -0.2) is 0 Å². The predicted octanol–water partition coefficient (Wildman–Crippen LogP) is -0.258. The topological polar surface area (TPSA) is 75.4 Å². The highest BCUT2D eigenvalue weighted by Gasteiger charge is 2.37. The van der Waals surface area contributed by atoms with Crippen molar-refractivity contribution in [2.24, 2.45) is 17.6 Å². The number of nitrogens with two attached hydrogens (primary N) is 1. The smallest absolute Gasteiger partial charge is 0.241 e. The molecule has 2 unspecified atom stereocenters. The summed E-state index contributed by atoms with van der Waals surface area (Å²) >= 11 is 0. The summed E-state index contributed by atoms with van der Waals surface area (Å²) in [4.78, 5) is 24.6. The summed E-state index contributed by atoms with van der Waals surface area (Å²) in [5, 5.41) is 2.52. The molecule has 1 saturated carbocycles.